The van der Waals surface area contributed by atoms with Crippen molar-refractivity contribution < 1.29 is 0 Å². The standard InChI is InChI=1S/C14H23N/c1-5-8-11-13(10-7-3)14(15-4)12-9-6-2/h8-12H,5-7H2,1-4H3/b11-8-,12-9-,13-10+,15-14?. The predicted molar refractivity (Wildman–Crippen MR) is 70.6 cm³/mol. The zero-order valence-electron chi connectivity index (χ0n) is 10.5. The van der Waals surface area contributed by atoms with Gasteiger partial charge in [0.25, 0.3) is 0 Å². The van der Waals surface area contributed by atoms with E-state index in [1.807, 2.05) is 7.05 Å². The molecular weight excluding hydrogens is 182 g/mol. The van der Waals surface area contributed by atoms with Crippen LogP contribution < -0.4 is 0 Å². The van der Waals surface area contributed by atoms with Crippen molar-refractivity contribution in [2.45, 2.75) is 40.0 Å². The molecule has 0 aromatic heterocycles. The Morgan fingerprint density at radius 1 is 0.933 bits per heavy atom. The van der Waals surface area contributed by atoms with Crippen LogP contribution in [0.2, 0.25) is 0 Å². The van der Waals surface area contributed by atoms with Crippen molar-refractivity contribution in [2.75, 3.05) is 7.05 Å². The zero-order valence-corrected chi connectivity index (χ0v) is 10.5. The lowest BCUT2D eigenvalue weighted by Crippen LogP contribution is -1.96. The minimum Gasteiger partial charge on any atom is -0.288 e. The van der Waals surface area contributed by atoms with Crippen molar-refractivity contribution in [3.63, 3.8) is 0 Å². The highest BCUT2D eigenvalue weighted by Crippen LogP contribution is 2.05. The van der Waals surface area contributed by atoms with Gasteiger partial charge in [-0.1, -0.05) is 45.1 Å². The Balaban J connectivity index is 4.80. The average molecular weight is 205 g/mol. The number of nitrogens with zero attached hydrogens (tertiary/aromatic N) is 1. The first-order chi connectivity index (χ1) is 7.29. The third-order valence-electron chi connectivity index (χ3n) is 2.01. The van der Waals surface area contributed by atoms with Crippen LogP contribution >= 0.6 is 0 Å². The third kappa shape index (κ3) is 6.05. The molecule has 0 rings (SSSR count). The van der Waals surface area contributed by atoms with Crippen LogP contribution in [0.15, 0.2) is 40.9 Å². The van der Waals surface area contributed by atoms with Gasteiger partial charge in [0.15, 0.2) is 0 Å². The summed E-state index contributed by atoms with van der Waals surface area (Å²) in [4.78, 5) is 4.31. The number of allylic oxidation sites excluding steroid dienone is 6. The molecule has 0 spiro atoms. The molecule has 0 amide bonds. The van der Waals surface area contributed by atoms with Crippen molar-refractivity contribution >= 4 is 5.71 Å². The second kappa shape index (κ2) is 9.45. The largest absolute Gasteiger partial charge is 0.288 e. The van der Waals surface area contributed by atoms with E-state index in [1.54, 1.807) is 0 Å². The topological polar surface area (TPSA) is 12.4 Å². The van der Waals surface area contributed by atoms with Gasteiger partial charge in [-0.15, -0.1) is 0 Å². The van der Waals surface area contributed by atoms with Crippen LogP contribution in [0.1, 0.15) is 40.0 Å². The molecular formula is C14H23N. The average Bonchev–Trinajstić information content (AvgIpc) is 2.26. The lowest BCUT2D eigenvalue weighted by atomic mass is 10.1. The molecule has 0 fully saturated rings. The molecule has 0 aliphatic carbocycles. The minimum atomic E-state index is 1.04. The normalized spacial score (nSPS) is 14.4. The molecule has 0 unspecified atom stereocenters. The summed E-state index contributed by atoms with van der Waals surface area (Å²) in [6, 6.07) is 0. The molecule has 0 aliphatic rings. The fraction of sp³-hybridized carbons (Fsp3) is 0.500. The van der Waals surface area contributed by atoms with Gasteiger partial charge in [0.05, 0.1) is 5.71 Å². The van der Waals surface area contributed by atoms with E-state index >= 15 is 0 Å². The maximum absolute atomic E-state index is 4.31. The second-order valence-electron chi connectivity index (χ2n) is 3.30. The highest BCUT2D eigenvalue weighted by Gasteiger charge is 1.97. The number of hydrogen-bond acceptors (Lipinski definition) is 1. The summed E-state index contributed by atoms with van der Waals surface area (Å²) in [5, 5.41) is 0. The Kier molecular flexibility index (Phi) is 8.75. The van der Waals surface area contributed by atoms with Gasteiger partial charge >= 0.3 is 0 Å². The molecule has 0 saturated heterocycles. The smallest absolute Gasteiger partial charge is 0.0636 e. The van der Waals surface area contributed by atoms with Gasteiger partial charge < -0.3 is 0 Å². The molecule has 0 aromatic rings. The monoisotopic (exact) mass is 205 g/mol. The molecule has 1 heteroatoms. The van der Waals surface area contributed by atoms with Crippen LogP contribution in [0.3, 0.4) is 0 Å². The fourth-order valence-electron chi connectivity index (χ4n) is 1.25. The van der Waals surface area contributed by atoms with E-state index in [-0.39, 0.29) is 0 Å². The summed E-state index contributed by atoms with van der Waals surface area (Å²) in [6.45, 7) is 6.43. The van der Waals surface area contributed by atoms with Crippen LogP contribution in [0, 0.1) is 0 Å². The number of rotatable bonds is 6. The van der Waals surface area contributed by atoms with Crippen molar-refractivity contribution in [3.05, 3.63) is 36.0 Å². The first-order valence-corrected chi connectivity index (χ1v) is 5.80. The SMILES string of the molecule is CC/C=C\C(=NC)C(/C=C\CC)=C/CC. The summed E-state index contributed by atoms with van der Waals surface area (Å²) >= 11 is 0. The van der Waals surface area contributed by atoms with E-state index in [9.17, 15) is 0 Å². The molecule has 0 radical (unpaired) electrons. The Labute approximate surface area is 94.3 Å². The Hall–Kier alpha value is -1.11. The Morgan fingerprint density at radius 3 is 2.00 bits per heavy atom. The first-order valence-electron chi connectivity index (χ1n) is 5.80. The van der Waals surface area contributed by atoms with Gasteiger partial charge in [0, 0.05) is 7.05 Å². The van der Waals surface area contributed by atoms with Gasteiger partial charge in [0.1, 0.15) is 0 Å². The molecule has 0 aliphatic heterocycles. The summed E-state index contributed by atoms with van der Waals surface area (Å²) in [6.07, 6.45) is 14.0. The maximum Gasteiger partial charge on any atom is 0.0636 e. The third-order valence-corrected chi connectivity index (χ3v) is 2.01. The van der Waals surface area contributed by atoms with Gasteiger partial charge in [-0.05, 0) is 30.9 Å². The van der Waals surface area contributed by atoms with E-state index in [4.69, 9.17) is 0 Å². The van der Waals surface area contributed by atoms with Gasteiger partial charge in [-0.25, -0.2) is 0 Å². The van der Waals surface area contributed by atoms with Crippen LogP contribution in [0.4, 0.5) is 0 Å². The lowest BCUT2D eigenvalue weighted by molar-refractivity contribution is 1.20. The fourth-order valence-corrected chi connectivity index (χ4v) is 1.25. The maximum atomic E-state index is 4.31. The van der Waals surface area contributed by atoms with Gasteiger partial charge in [-0.2, -0.15) is 0 Å². The molecule has 0 aromatic carbocycles. The zero-order chi connectivity index (χ0) is 11.5. The molecule has 0 bridgehead atoms. The minimum absolute atomic E-state index is 1.04. The van der Waals surface area contributed by atoms with E-state index in [0.717, 1.165) is 25.0 Å². The van der Waals surface area contributed by atoms with E-state index < -0.39 is 0 Å². The molecule has 1 nitrogen and oxygen atoms in total. The highest BCUT2D eigenvalue weighted by atomic mass is 14.7. The summed E-state index contributed by atoms with van der Waals surface area (Å²) in [5.74, 6) is 0. The Bertz CT molecular complexity index is 267. The Morgan fingerprint density at radius 2 is 1.53 bits per heavy atom. The van der Waals surface area contributed by atoms with Crippen LogP contribution in [-0.2, 0) is 0 Å². The summed E-state index contributed by atoms with van der Waals surface area (Å²) in [7, 11) is 1.85. The van der Waals surface area contributed by atoms with Gasteiger partial charge in [0.2, 0.25) is 0 Å². The second-order valence-corrected chi connectivity index (χ2v) is 3.30. The van der Waals surface area contributed by atoms with E-state index in [0.29, 0.717) is 0 Å². The predicted octanol–water partition coefficient (Wildman–Crippen LogP) is 4.33. The quantitative estimate of drug-likeness (QED) is 0.452. The van der Waals surface area contributed by atoms with Crippen LogP contribution in [0.25, 0.3) is 0 Å². The number of aliphatic imine (C=N–C) groups is 1. The number of hydrogen-bond donors (Lipinski definition) is 0. The van der Waals surface area contributed by atoms with Crippen LogP contribution in [-0.4, -0.2) is 12.8 Å². The van der Waals surface area contributed by atoms with Crippen molar-refractivity contribution in [1.82, 2.24) is 0 Å². The van der Waals surface area contributed by atoms with Crippen molar-refractivity contribution in [3.8, 4) is 0 Å². The molecule has 0 atom stereocenters. The molecule has 0 saturated carbocycles. The molecule has 84 valence electrons. The summed E-state index contributed by atoms with van der Waals surface area (Å²) < 4.78 is 0. The molecule has 15 heavy (non-hydrogen) atoms. The van der Waals surface area contributed by atoms with Crippen molar-refractivity contribution in [1.29, 1.82) is 0 Å². The van der Waals surface area contributed by atoms with Crippen molar-refractivity contribution in [2.24, 2.45) is 4.99 Å². The molecule has 0 heterocycles. The summed E-state index contributed by atoms with van der Waals surface area (Å²) in [5.41, 5.74) is 2.30. The van der Waals surface area contributed by atoms with E-state index in [1.165, 1.54) is 5.57 Å². The van der Waals surface area contributed by atoms with E-state index in [2.05, 4.69) is 56.1 Å². The van der Waals surface area contributed by atoms with Crippen LogP contribution in [0.5, 0.6) is 0 Å². The van der Waals surface area contributed by atoms with Gasteiger partial charge in [-0.3, -0.25) is 4.99 Å². The lowest BCUT2D eigenvalue weighted by Gasteiger charge is -2.01. The highest BCUT2D eigenvalue weighted by molar-refractivity contribution is 6.10. The molecule has 0 N–H and O–H groups in total. The first kappa shape index (κ1) is 13.9.